The van der Waals surface area contributed by atoms with Crippen molar-refractivity contribution in [3.63, 3.8) is 0 Å². The Balaban J connectivity index is 3.84. The molecule has 3 heteroatoms. The van der Waals surface area contributed by atoms with Crippen LogP contribution in [-0.2, 0) is 0 Å². The minimum absolute atomic E-state index is 0.115. The van der Waals surface area contributed by atoms with Gasteiger partial charge in [0.1, 0.15) is 0 Å². The van der Waals surface area contributed by atoms with Crippen LogP contribution in [0.4, 0.5) is 0 Å². The molecule has 4 atom stereocenters. The van der Waals surface area contributed by atoms with E-state index in [0.717, 1.165) is 12.8 Å². The second-order valence-electron chi connectivity index (χ2n) is 4.40. The Labute approximate surface area is 86.8 Å². The highest BCUT2D eigenvalue weighted by atomic mass is 16.3. The van der Waals surface area contributed by atoms with Gasteiger partial charge in [-0.3, -0.25) is 0 Å². The minimum Gasteiger partial charge on any atom is -0.396 e. The second-order valence-corrected chi connectivity index (χ2v) is 4.40. The highest BCUT2D eigenvalue weighted by Crippen LogP contribution is 2.21. The Morgan fingerprint density at radius 2 is 1.57 bits per heavy atom. The van der Waals surface area contributed by atoms with E-state index in [2.05, 4.69) is 0 Å². The lowest BCUT2D eigenvalue weighted by Crippen LogP contribution is -2.28. The first-order chi connectivity index (χ1) is 6.49. The first-order valence-corrected chi connectivity index (χ1v) is 5.46. The molecule has 0 amide bonds. The molecule has 0 saturated carbocycles. The molecule has 0 saturated heterocycles. The molecule has 14 heavy (non-hydrogen) atoms. The molecule has 0 aliphatic heterocycles. The van der Waals surface area contributed by atoms with Crippen LogP contribution in [0, 0.1) is 11.8 Å². The van der Waals surface area contributed by atoms with Crippen LogP contribution in [0.1, 0.15) is 40.0 Å². The number of rotatable bonds is 7. The van der Waals surface area contributed by atoms with E-state index in [0.29, 0.717) is 6.42 Å². The number of hydrogen-bond acceptors (Lipinski definition) is 3. The van der Waals surface area contributed by atoms with Crippen LogP contribution in [0.15, 0.2) is 0 Å². The lowest BCUT2D eigenvalue weighted by atomic mass is 9.87. The fraction of sp³-hybridized carbons (Fsp3) is 1.00. The van der Waals surface area contributed by atoms with Crippen LogP contribution in [0.25, 0.3) is 0 Å². The van der Waals surface area contributed by atoms with E-state index in [-0.39, 0.29) is 30.7 Å². The average molecular weight is 204 g/mol. The molecule has 4 unspecified atom stereocenters. The molecule has 0 heterocycles. The van der Waals surface area contributed by atoms with Gasteiger partial charge in [-0.1, -0.05) is 13.8 Å². The molecule has 0 aliphatic rings. The highest BCUT2D eigenvalue weighted by molar-refractivity contribution is 4.72. The molecule has 0 bridgehead atoms. The summed E-state index contributed by atoms with van der Waals surface area (Å²) in [5, 5.41) is 27.7. The molecule has 86 valence electrons. The normalized spacial score (nSPS) is 20.1. The number of aliphatic hydroxyl groups excluding tert-OH is 3. The Kier molecular flexibility index (Phi) is 7.15. The summed E-state index contributed by atoms with van der Waals surface area (Å²) in [7, 11) is 0. The van der Waals surface area contributed by atoms with Crippen LogP contribution in [0.3, 0.4) is 0 Å². The van der Waals surface area contributed by atoms with Gasteiger partial charge in [0.05, 0.1) is 12.2 Å². The fourth-order valence-corrected chi connectivity index (χ4v) is 1.82. The summed E-state index contributed by atoms with van der Waals surface area (Å²) in [4.78, 5) is 0. The molecule has 0 aromatic carbocycles. The summed E-state index contributed by atoms with van der Waals surface area (Å²) in [6.45, 7) is 5.86. The van der Waals surface area contributed by atoms with E-state index in [1.54, 1.807) is 6.92 Å². The van der Waals surface area contributed by atoms with E-state index >= 15 is 0 Å². The minimum atomic E-state index is -0.379. The Hall–Kier alpha value is -0.120. The fourth-order valence-electron chi connectivity index (χ4n) is 1.82. The molecule has 0 fully saturated rings. The van der Waals surface area contributed by atoms with Crippen LogP contribution in [0.2, 0.25) is 0 Å². The highest BCUT2D eigenvalue weighted by Gasteiger charge is 2.21. The number of hydrogen-bond donors (Lipinski definition) is 3. The van der Waals surface area contributed by atoms with Crippen LogP contribution in [0.5, 0.6) is 0 Å². The topological polar surface area (TPSA) is 60.7 Å². The quantitative estimate of drug-likeness (QED) is 0.583. The van der Waals surface area contributed by atoms with Crippen molar-refractivity contribution in [2.45, 2.75) is 52.2 Å². The van der Waals surface area contributed by atoms with Gasteiger partial charge in [0.25, 0.3) is 0 Å². The van der Waals surface area contributed by atoms with E-state index in [1.807, 2.05) is 13.8 Å². The third-order valence-corrected chi connectivity index (χ3v) is 2.70. The van der Waals surface area contributed by atoms with Crippen LogP contribution >= 0.6 is 0 Å². The summed E-state index contributed by atoms with van der Waals surface area (Å²) < 4.78 is 0. The zero-order valence-electron chi connectivity index (χ0n) is 9.48. The van der Waals surface area contributed by atoms with E-state index in [4.69, 9.17) is 5.11 Å². The molecule has 3 nitrogen and oxygen atoms in total. The van der Waals surface area contributed by atoms with Gasteiger partial charge in [0.2, 0.25) is 0 Å². The summed E-state index contributed by atoms with van der Waals surface area (Å²) in [6, 6.07) is 0. The van der Waals surface area contributed by atoms with Gasteiger partial charge in [0.15, 0.2) is 0 Å². The molecule has 0 rings (SSSR count). The summed E-state index contributed by atoms with van der Waals surface area (Å²) in [5.41, 5.74) is 0. The SMILES string of the molecule is CC(O)CC(C)C(O)C(C)CCCO. The van der Waals surface area contributed by atoms with Crippen molar-refractivity contribution in [2.75, 3.05) is 6.61 Å². The predicted octanol–water partition coefficient (Wildman–Crippen LogP) is 1.16. The maximum atomic E-state index is 9.87. The zero-order chi connectivity index (χ0) is 11.1. The van der Waals surface area contributed by atoms with Crippen molar-refractivity contribution in [3.8, 4) is 0 Å². The molecule has 0 aromatic heterocycles. The van der Waals surface area contributed by atoms with Gasteiger partial charge >= 0.3 is 0 Å². The number of aliphatic hydroxyl groups is 3. The average Bonchev–Trinajstić information content (AvgIpc) is 2.11. The van der Waals surface area contributed by atoms with E-state index < -0.39 is 0 Å². The third kappa shape index (κ3) is 5.58. The second kappa shape index (κ2) is 7.21. The summed E-state index contributed by atoms with van der Waals surface area (Å²) in [6.07, 6.45) is 1.47. The zero-order valence-corrected chi connectivity index (χ0v) is 9.48. The monoisotopic (exact) mass is 204 g/mol. The van der Waals surface area contributed by atoms with Crippen molar-refractivity contribution in [2.24, 2.45) is 11.8 Å². The Morgan fingerprint density at radius 3 is 2.00 bits per heavy atom. The molecule has 0 aliphatic carbocycles. The van der Waals surface area contributed by atoms with E-state index in [9.17, 15) is 10.2 Å². The Bertz CT molecular complexity index is 136. The standard InChI is InChI=1S/C11H24O3/c1-8(5-4-6-12)11(14)9(2)7-10(3)13/h8-14H,4-7H2,1-3H3. The third-order valence-electron chi connectivity index (χ3n) is 2.70. The lowest BCUT2D eigenvalue weighted by Gasteiger charge is -2.25. The van der Waals surface area contributed by atoms with E-state index in [1.165, 1.54) is 0 Å². The molecule has 0 radical (unpaired) electrons. The maximum Gasteiger partial charge on any atom is 0.0592 e. The molecule has 3 N–H and O–H groups in total. The van der Waals surface area contributed by atoms with Crippen molar-refractivity contribution in [1.29, 1.82) is 0 Å². The predicted molar refractivity (Wildman–Crippen MR) is 57.0 cm³/mol. The molecule has 0 aromatic rings. The van der Waals surface area contributed by atoms with Crippen LogP contribution < -0.4 is 0 Å². The molecular weight excluding hydrogens is 180 g/mol. The van der Waals surface area contributed by atoms with Crippen molar-refractivity contribution in [1.82, 2.24) is 0 Å². The Morgan fingerprint density at radius 1 is 1.00 bits per heavy atom. The summed E-state index contributed by atoms with van der Waals surface area (Å²) >= 11 is 0. The smallest absolute Gasteiger partial charge is 0.0592 e. The largest absolute Gasteiger partial charge is 0.396 e. The van der Waals surface area contributed by atoms with Crippen molar-refractivity contribution < 1.29 is 15.3 Å². The van der Waals surface area contributed by atoms with Gasteiger partial charge in [-0.15, -0.1) is 0 Å². The molecule has 0 spiro atoms. The van der Waals surface area contributed by atoms with Crippen molar-refractivity contribution >= 4 is 0 Å². The van der Waals surface area contributed by atoms with Gasteiger partial charge in [0, 0.05) is 6.61 Å². The van der Waals surface area contributed by atoms with Gasteiger partial charge in [-0.2, -0.15) is 0 Å². The van der Waals surface area contributed by atoms with Gasteiger partial charge in [-0.05, 0) is 38.0 Å². The van der Waals surface area contributed by atoms with Gasteiger partial charge in [-0.25, -0.2) is 0 Å². The van der Waals surface area contributed by atoms with Crippen molar-refractivity contribution in [3.05, 3.63) is 0 Å². The molecular formula is C11H24O3. The first-order valence-electron chi connectivity index (χ1n) is 5.46. The van der Waals surface area contributed by atoms with Gasteiger partial charge < -0.3 is 15.3 Å². The maximum absolute atomic E-state index is 9.87. The lowest BCUT2D eigenvalue weighted by molar-refractivity contribution is 0.0339. The van der Waals surface area contributed by atoms with Crippen LogP contribution in [-0.4, -0.2) is 34.1 Å². The first kappa shape index (κ1) is 13.9. The summed E-state index contributed by atoms with van der Waals surface area (Å²) in [5.74, 6) is 0.305.